The van der Waals surface area contributed by atoms with E-state index in [0.717, 1.165) is 0 Å². The second-order valence-corrected chi connectivity index (χ2v) is 9.77. The zero-order valence-corrected chi connectivity index (χ0v) is 20.8. The summed E-state index contributed by atoms with van der Waals surface area (Å²) in [6.45, 7) is -0.225. The molecule has 9 nitrogen and oxygen atoms in total. The Hall–Kier alpha value is -0.790. The molecule has 0 atom stereocenters. The number of hydrogen-bond donors (Lipinski definition) is 0. The van der Waals surface area contributed by atoms with Gasteiger partial charge in [-0.15, -0.1) is 0 Å². The average Bonchev–Trinajstić information content (AvgIpc) is 2.59. The van der Waals surface area contributed by atoms with Crippen LogP contribution in [0.15, 0.2) is 35.2 Å². The molecule has 0 aromatic heterocycles. The first-order valence-corrected chi connectivity index (χ1v) is 11.8. The molecule has 0 spiro atoms. The summed E-state index contributed by atoms with van der Waals surface area (Å²) in [5.41, 5.74) is -0.00404. The normalized spacial score (nSPS) is 11.1. The van der Waals surface area contributed by atoms with E-state index in [1.807, 2.05) is 22.6 Å². The van der Waals surface area contributed by atoms with E-state index in [1.165, 1.54) is 30.3 Å². The van der Waals surface area contributed by atoms with Gasteiger partial charge in [-0.2, -0.15) is 0 Å². The molecule has 0 aliphatic heterocycles. The highest BCUT2D eigenvalue weighted by Gasteiger charge is 2.20. The zero-order valence-electron chi connectivity index (χ0n) is 13.6. The molecule has 2 rings (SSSR count). The summed E-state index contributed by atoms with van der Waals surface area (Å²) in [6.07, 6.45) is 0. The lowest BCUT2D eigenvalue weighted by Gasteiger charge is -2.17. The van der Waals surface area contributed by atoms with Gasteiger partial charge in [-0.3, -0.25) is 10.1 Å². The maximum atomic E-state index is 11.9. The zero-order chi connectivity index (χ0) is 21.1. The number of non-ortho nitro benzene ring substituents is 1. The third-order valence-corrected chi connectivity index (χ3v) is 7.55. The summed E-state index contributed by atoms with van der Waals surface area (Å²) in [7, 11) is -4.67. The second kappa shape index (κ2) is 9.81. The van der Waals surface area contributed by atoms with E-state index in [4.69, 9.17) is 9.47 Å². The molecule has 0 N–H and O–H groups in total. The molecular weight excluding hydrogens is 735 g/mol. The molecule has 0 amide bonds. The number of carbonyl (C=O) groups is 1. The number of nitro benzene ring substituents is 1. The Bertz CT molecular complexity index is 1020. The third-order valence-electron chi connectivity index (χ3n) is 3.21. The van der Waals surface area contributed by atoms with Crippen molar-refractivity contribution in [3.05, 3.63) is 56.7 Å². The van der Waals surface area contributed by atoms with Crippen LogP contribution >= 0.6 is 67.8 Å². The Balaban J connectivity index is 2.02. The van der Waals surface area contributed by atoms with Crippen LogP contribution in [0, 0.1) is 20.8 Å². The number of hydrogen-bond acceptors (Lipinski definition) is 8. The highest BCUT2D eigenvalue weighted by molar-refractivity contribution is 14.1. The number of benzene rings is 2. The molecular formula is C15H9I3NO8S-. The molecule has 150 valence electrons. The van der Waals surface area contributed by atoms with Crippen molar-refractivity contribution in [2.24, 2.45) is 0 Å². The van der Waals surface area contributed by atoms with E-state index in [1.54, 1.807) is 45.2 Å². The van der Waals surface area contributed by atoms with Crippen molar-refractivity contribution in [2.45, 2.75) is 4.90 Å². The van der Waals surface area contributed by atoms with Crippen LogP contribution in [-0.4, -0.2) is 37.1 Å². The summed E-state index contributed by atoms with van der Waals surface area (Å²) in [4.78, 5) is 21.6. The Labute approximate surface area is 200 Å². The first-order valence-electron chi connectivity index (χ1n) is 7.20. The lowest BCUT2D eigenvalue weighted by Crippen LogP contribution is -2.14. The summed E-state index contributed by atoms with van der Waals surface area (Å²) in [6, 6.07) is 6.43. The molecule has 0 saturated heterocycles. The molecule has 0 radical (unpaired) electrons. The smallest absolute Gasteiger partial charge is 0.338 e. The topological polar surface area (TPSA) is 136 Å². The van der Waals surface area contributed by atoms with E-state index in [2.05, 4.69) is 0 Å². The van der Waals surface area contributed by atoms with Gasteiger partial charge in [0.05, 0.1) is 22.5 Å². The summed E-state index contributed by atoms with van der Waals surface area (Å²) < 4.78 is 45.9. The Morgan fingerprint density at radius 3 is 2.21 bits per heavy atom. The van der Waals surface area contributed by atoms with Crippen LogP contribution < -0.4 is 4.74 Å². The number of nitrogens with zero attached hydrogens (tertiary/aromatic N) is 1. The first kappa shape index (κ1) is 23.5. The fraction of sp³-hybridized carbons (Fsp3) is 0.133. The minimum absolute atomic E-state index is 0.0797. The van der Waals surface area contributed by atoms with Gasteiger partial charge in [0.25, 0.3) is 5.69 Å². The number of ether oxygens (including phenoxy) is 2. The van der Waals surface area contributed by atoms with Crippen LogP contribution in [0.1, 0.15) is 10.4 Å². The van der Waals surface area contributed by atoms with Crippen LogP contribution in [-0.2, 0) is 14.9 Å². The van der Waals surface area contributed by atoms with Crippen LogP contribution in [0.3, 0.4) is 0 Å². The molecule has 0 aliphatic carbocycles. The van der Waals surface area contributed by atoms with Gasteiger partial charge in [0.15, 0.2) is 0 Å². The van der Waals surface area contributed by atoms with Crippen molar-refractivity contribution in [1.29, 1.82) is 0 Å². The molecule has 0 saturated carbocycles. The van der Waals surface area contributed by atoms with Crippen LogP contribution in [0.25, 0.3) is 0 Å². The summed E-state index contributed by atoms with van der Waals surface area (Å²) in [5.74, 6) is -0.476. The summed E-state index contributed by atoms with van der Waals surface area (Å²) in [5, 5.41) is 10.6. The Morgan fingerprint density at radius 1 is 1.07 bits per heavy atom. The van der Waals surface area contributed by atoms with E-state index in [-0.39, 0.29) is 38.7 Å². The van der Waals surface area contributed by atoms with Gasteiger partial charge >= 0.3 is 5.97 Å². The number of nitro groups is 1. The van der Waals surface area contributed by atoms with Crippen molar-refractivity contribution in [2.75, 3.05) is 13.2 Å². The molecule has 0 bridgehead atoms. The van der Waals surface area contributed by atoms with Crippen molar-refractivity contribution in [1.82, 2.24) is 0 Å². The van der Waals surface area contributed by atoms with Gasteiger partial charge < -0.3 is 14.0 Å². The molecule has 0 unspecified atom stereocenters. The van der Waals surface area contributed by atoms with Gasteiger partial charge in [-0.05, 0) is 86.0 Å². The number of esters is 1. The average molecular weight is 744 g/mol. The molecule has 0 heterocycles. The van der Waals surface area contributed by atoms with E-state index < -0.39 is 21.0 Å². The number of carbonyl (C=O) groups excluding carboxylic acids is 1. The van der Waals surface area contributed by atoms with Crippen LogP contribution in [0.2, 0.25) is 0 Å². The fourth-order valence-electron chi connectivity index (χ4n) is 2.00. The SMILES string of the molecule is O=C(OCCOc1c(I)cc(I)c(S(=O)(=O)[O-])c1I)c1ccc([N+](=O)[O-])cc1. The number of rotatable bonds is 7. The molecule has 0 aliphatic rings. The molecule has 13 heteroatoms. The van der Waals surface area contributed by atoms with Crippen LogP contribution in [0.4, 0.5) is 5.69 Å². The largest absolute Gasteiger partial charge is 0.744 e. The predicted octanol–water partition coefficient (Wildman–Crippen LogP) is 3.55. The predicted molar refractivity (Wildman–Crippen MR) is 121 cm³/mol. The van der Waals surface area contributed by atoms with Gasteiger partial charge in [0.1, 0.15) is 29.1 Å². The van der Waals surface area contributed by atoms with Gasteiger partial charge in [0.2, 0.25) is 0 Å². The van der Waals surface area contributed by atoms with Crippen molar-refractivity contribution < 1.29 is 32.2 Å². The molecule has 0 fully saturated rings. The lowest BCUT2D eigenvalue weighted by molar-refractivity contribution is -0.384. The quantitative estimate of drug-likeness (QED) is 0.105. The molecule has 2 aromatic carbocycles. The number of halogens is 3. The first-order chi connectivity index (χ1) is 13.0. The van der Waals surface area contributed by atoms with Gasteiger partial charge in [-0.25, -0.2) is 13.2 Å². The van der Waals surface area contributed by atoms with Gasteiger partial charge in [-0.1, -0.05) is 0 Å². The van der Waals surface area contributed by atoms with E-state index in [0.29, 0.717) is 7.14 Å². The fourth-order valence-corrected chi connectivity index (χ4v) is 7.91. The Kier molecular flexibility index (Phi) is 8.23. The van der Waals surface area contributed by atoms with Crippen molar-refractivity contribution in [3.63, 3.8) is 0 Å². The highest BCUT2D eigenvalue weighted by atomic mass is 127. The molecule has 2 aromatic rings. The van der Waals surface area contributed by atoms with Crippen molar-refractivity contribution >= 4 is 89.5 Å². The van der Waals surface area contributed by atoms with Gasteiger partial charge in [0, 0.05) is 15.7 Å². The summed E-state index contributed by atoms with van der Waals surface area (Å²) >= 11 is 5.43. The Morgan fingerprint density at radius 2 is 1.68 bits per heavy atom. The van der Waals surface area contributed by atoms with Crippen molar-refractivity contribution in [3.8, 4) is 5.75 Å². The lowest BCUT2D eigenvalue weighted by atomic mass is 10.2. The maximum absolute atomic E-state index is 11.9. The minimum atomic E-state index is -4.67. The van der Waals surface area contributed by atoms with Crippen LogP contribution in [0.5, 0.6) is 5.75 Å². The second-order valence-electron chi connectivity index (χ2n) is 5.05. The van der Waals surface area contributed by atoms with E-state index in [9.17, 15) is 27.9 Å². The maximum Gasteiger partial charge on any atom is 0.338 e. The minimum Gasteiger partial charge on any atom is -0.744 e. The van der Waals surface area contributed by atoms with E-state index >= 15 is 0 Å². The monoisotopic (exact) mass is 744 g/mol. The molecule has 28 heavy (non-hydrogen) atoms. The standard InChI is InChI=1S/C15H10I3NO8S/c16-10-7-11(17)14(28(23,24)25)12(18)13(10)26-5-6-27-15(20)8-1-3-9(4-2-8)19(21)22/h1-4,7H,5-6H2,(H,23,24,25)/p-1. The highest BCUT2D eigenvalue weighted by Crippen LogP contribution is 2.35. The third kappa shape index (κ3) is 5.86.